The zero-order valence-electron chi connectivity index (χ0n) is 18.5. The molecule has 3 aromatic rings. The van der Waals surface area contributed by atoms with Crippen LogP contribution in [0.2, 0.25) is 0 Å². The number of ether oxygens (including phenoxy) is 2. The fraction of sp³-hybridized carbons (Fsp3) is 0.308. The molecule has 164 valence electrons. The van der Waals surface area contributed by atoms with Gasteiger partial charge in [0.25, 0.3) is 0 Å². The van der Waals surface area contributed by atoms with Crippen molar-refractivity contribution >= 4 is 22.9 Å². The van der Waals surface area contributed by atoms with Gasteiger partial charge in [-0.2, -0.15) is 5.26 Å². The van der Waals surface area contributed by atoms with Crippen molar-refractivity contribution in [3.05, 3.63) is 65.9 Å². The van der Waals surface area contributed by atoms with Crippen LogP contribution in [-0.4, -0.2) is 36.1 Å². The normalized spacial score (nSPS) is 15.9. The first-order valence-electron chi connectivity index (χ1n) is 10.8. The van der Waals surface area contributed by atoms with E-state index in [1.807, 2.05) is 59.6 Å². The van der Waals surface area contributed by atoms with Crippen molar-refractivity contribution in [1.29, 1.82) is 5.26 Å². The average Bonchev–Trinajstić information content (AvgIpc) is 3.46. The lowest BCUT2D eigenvalue weighted by atomic mass is 10.0. The van der Waals surface area contributed by atoms with Gasteiger partial charge in [-0.1, -0.05) is 18.2 Å². The molecule has 6 nitrogen and oxygen atoms in total. The van der Waals surface area contributed by atoms with E-state index in [4.69, 9.17) is 14.7 Å². The number of para-hydroxylation sites is 1. The highest BCUT2D eigenvalue weighted by molar-refractivity contribution is 5.96. The molecule has 0 spiro atoms. The lowest BCUT2D eigenvalue weighted by Crippen LogP contribution is -2.29. The maximum atomic E-state index is 13.2. The summed E-state index contributed by atoms with van der Waals surface area (Å²) in [7, 11) is 3.29. The first-order valence-corrected chi connectivity index (χ1v) is 10.8. The number of aryl methyl sites for hydroxylation is 1. The summed E-state index contributed by atoms with van der Waals surface area (Å²) in [6.07, 6.45) is 7.82. The molecule has 1 atom stereocenters. The molecule has 4 rings (SSSR count). The summed E-state index contributed by atoms with van der Waals surface area (Å²) in [6.45, 7) is 1.33. The molecule has 0 saturated carbocycles. The van der Waals surface area contributed by atoms with E-state index >= 15 is 0 Å². The topological polar surface area (TPSA) is 67.5 Å². The Bertz CT molecular complexity index is 1190. The molecule has 0 radical (unpaired) electrons. The van der Waals surface area contributed by atoms with Gasteiger partial charge in [-0.25, -0.2) is 0 Å². The third-order valence-electron chi connectivity index (χ3n) is 6.02. The van der Waals surface area contributed by atoms with E-state index in [1.54, 1.807) is 20.3 Å². The Hall–Kier alpha value is -3.72. The summed E-state index contributed by atoms with van der Waals surface area (Å²) in [5.74, 6) is 1.49. The molecule has 1 saturated heterocycles. The first-order chi connectivity index (χ1) is 15.7. The quantitative estimate of drug-likeness (QED) is 0.499. The molecule has 1 amide bonds. The monoisotopic (exact) mass is 429 g/mol. The molecule has 2 aromatic carbocycles. The highest BCUT2D eigenvalue weighted by atomic mass is 16.5. The zero-order valence-corrected chi connectivity index (χ0v) is 18.5. The smallest absolute Gasteiger partial charge is 0.247 e. The third-order valence-corrected chi connectivity index (χ3v) is 6.02. The molecule has 1 fully saturated rings. The molecule has 1 aliphatic heterocycles. The third kappa shape index (κ3) is 4.19. The maximum absolute atomic E-state index is 13.2. The molecule has 1 unspecified atom stereocenters. The Kier molecular flexibility index (Phi) is 6.46. The van der Waals surface area contributed by atoms with E-state index in [0.717, 1.165) is 46.4 Å². The number of carbonyl (C=O) groups excluding carboxylic acids is 1. The second-order valence-electron chi connectivity index (χ2n) is 7.83. The van der Waals surface area contributed by atoms with Crippen LogP contribution in [0.4, 0.5) is 0 Å². The van der Waals surface area contributed by atoms with Gasteiger partial charge in [-0.3, -0.25) is 4.79 Å². The van der Waals surface area contributed by atoms with Crippen LogP contribution >= 0.6 is 0 Å². The molecule has 32 heavy (non-hydrogen) atoms. The van der Waals surface area contributed by atoms with Crippen molar-refractivity contribution in [2.45, 2.75) is 31.8 Å². The number of nitrogens with zero attached hydrogens (tertiary/aromatic N) is 3. The summed E-state index contributed by atoms with van der Waals surface area (Å²) in [5.41, 5.74) is 3.01. The van der Waals surface area contributed by atoms with E-state index in [0.29, 0.717) is 19.5 Å². The van der Waals surface area contributed by atoms with Gasteiger partial charge in [0.1, 0.15) is 11.5 Å². The number of benzene rings is 2. The molecule has 2 heterocycles. The summed E-state index contributed by atoms with van der Waals surface area (Å²) >= 11 is 0. The lowest BCUT2D eigenvalue weighted by molar-refractivity contribution is -0.126. The standard InChI is InChI=1S/C26H27N3O3/c1-31-20-11-12-25(32-2)22(17-20)24-9-5-16-29(24)26(30)13-10-19-18-28(15-6-14-27)23-8-4-3-7-21(19)23/h3-4,7-8,10-13,17-18,24H,5-6,9,15-16H2,1-2H3/b13-10+. The second kappa shape index (κ2) is 9.61. The Morgan fingerprint density at radius 3 is 2.84 bits per heavy atom. The zero-order chi connectivity index (χ0) is 22.5. The van der Waals surface area contributed by atoms with Crippen molar-refractivity contribution in [1.82, 2.24) is 9.47 Å². The number of hydrogen-bond donors (Lipinski definition) is 0. The second-order valence-corrected chi connectivity index (χ2v) is 7.83. The number of nitriles is 1. The highest BCUT2D eigenvalue weighted by Gasteiger charge is 2.31. The minimum Gasteiger partial charge on any atom is -0.497 e. The Balaban J connectivity index is 1.60. The van der Waals surface area contributed by atoms with Gasteiger partial charge < -0.3 is 18.9 Å². The van der Waals surface area contributed by atoms with E-state index in [2.05, 4.69) is 10.6 Å². The summed E-state index contributed by atoms with van der Waals surface area (Å²) in [5, 5.41) is 10.0. The lowest BCUT2D eigenvalue weighted by Gasteiger charge is -2.25. The SMILES string of the molecule is COc1ccc(OC)c(C2CCCN2C(=O)/C=C/c2cn(CCC#N)c3ccccc23)c1. The highest BCUT2D eigenvalue weighted by Crippen LogP contribution is 2.39. The van der Waals surface area contributed by atoms with E-state index < -0.39 is 0 Å². The Morgan fingerprint density at radius 2 is 2.06 bits per heavy atom. The van der Waals surface area contributed by atoms with Gasteiger partial charge in [0, 0.05) is 47.4 Å². The molecular formula is C26H27N3O3. The van der Waals surface area contributed by atoms with Gasteiger partial charge in [-0.05, 0) is 43.2 Å². The van der Waals surface area contributed by atoms with Crippen LogP contribution in [0.5, 0.6) is 11.5 Å². The number of rotatable bonds is 7. The fourth-order valence-electron chi connectivity index (χ4n) is 4.47. The van der Waals surface area contributed by atoms with Gasteiger partial charge in [0.05, 0.1) is 32.8 Å². The number of fused-ring (bicyclic) bond motifs is 1. The van der Waals surface area contributed by atoms with E-state index in [1.165, 1.54) is 0 Å². The Labute approximate surface area is 188 Å². The maximum Gasteiger partial charge on any atom is 0.247 e. The minimum atomic E-state index is -0.0471. The summed E-state index contributed by atoms with van der Waals surface area (Å²) in [4.78, 5) is 15.1. The molecule has 0 aliphatic carbocycles. The van der Waals surface area contributed by atoms with Crippen LogP contribution in [0.1, 0.15) is 36.4 Å². The minimum absolute atomic E-state index is 0.0220. The summed E-state index contributed by atoms with van der Waals surface area (Å²) in [6, 6.07) is 15.9. The van der Waals surface area contributed by atoms with Gasteiger partial charge in [0.2, 0.25) is 5.91 Å². The number of amides is 1. The van der Waals surface area contributed by atoms with Crippen LogP contribution in [0.3, 0.4) is 0 Å². The van der Waals surface area contributed by atoms with Crippen molar-refractivity contribution in [3.8, 4) is 17.6 Å². The van der Waals surface area contributed by atoms with Crippen LogP contribution < -0.4 is 9.47 Å². The molecule has 6 heteroatoms. The molecule has 0 N–H and O–H groups in total. The number of likely N-dealkylation sites (tertiary alicyclic amines) is 1. The van der Waals surface area contributed by atoms with E-state index in [-0.39, 0.29) is 11.9 Å². The average molecular weight is 430 g/mol. The molecular weight excluding hydrogens is 402 g/mol. The van der Waals surface area contributed by atoms with E-state index in [9.17, 15) is 4.79 Å². The predicted molar refractivity (Wildman–Crippen MR) is 124 cm³/mol. The van der Waals surface area contributed by atoms with Crippen LogP contribution in [0.25, 0.3) is 17.0 Å². The summed E-state index contributed by atoms with van der Waals surface area (Å²) < 4.78 is 13.0. The first kappa shape index (κ1) is 21.5. The number of hydrogen-bond acceptors (Lipinski definition) is 4. The van der Waals surface area contributed by atoms with Gasteiger partial charge in [0.15, 0.2) is 0 Å². The van der Waals surface area contributed by atoms with Crippen molar-refractivity contribution < 1.29 is 14.3 Å². The van der Waals surface area contributed by atoms with Crippen molar-refractivity contribution in [3.63, 3.8) is 0 Å². The van der Waals surface area contributed by atoms with Gasteiger partial charge >= 0.3 is 0 Å². The Morgan fingerprint density at radius 1 is 1.22 bits per heavy atom. The molecule has 1 aromatic heterocycles. The fourth-order valence-corrected chi connectivity index (χ4v) is 4.47. The van der Waals surface area contributed by atoms with Crippen LogP contribution in [-0.2, 0) is 11.3 Å². The van der Waals surface area contributed by atoms with Crippen molar-refractivity contribution in [2.75, 3.05) is 20.8 Å². The number of methoxy groups -OCH3 is 2. The van der Waals surface area contributed by atoms with Gasteiger partial charge in [-0.15, -0.1) is 0 Å². The molecule has 0 bridgehead atoms. The number of carbonyl (C=O) groups is 1. The van der Waals surface area contributed by atoms with Crippen molar-refractivity contribution in [2.24, 2.45) is 0 Å². The van der Waals surface area contributed by atoms with Crippen LogP contribution in [0.15, 0.2) is 54.7 Å². The molecule has 1 aliphatic rings. The van der Waals surface area contributed by atoms with Crippen LogP contribution in [0, 0.1) is 11.3 Å². The number of aromatic nitrogens is 1. The largest absolute Gasteiger partial charge is 0.497 e. The predicted octanol–water partition coefficient (Wildman–Crippen LogP) is 4.95.